The third-order valence-electron chi connectivity index (χ3n) is 13.0. The zero-order chi connectivity index (χ0) is 41.2. The molecule has 5 aromatic heterocycles. The van der Waals surface area contributed by atoms with Gasteiger partial charge in [0, 0.05) is 49.6 Å². The summed E-state index contributed by atoms with van der Waals surface area (Å²) in [5, 5.41) is 5.87. The first kappa shape index (κ1) is 34.1. The molecule has 0 aliphatic rings. The predicted molar refractivity (Wildman–Crippen MR) is 259 cm³/mol. The van der Waals surface area contributed by atoms with Crippen LogP contribution in [-0.2, 0) is 0 Å². The van der Waals surface area contributed by atoms with Crippen LogP contribution in [0.4, 0.5) is 0 Å². The molecule has 63 heavy (non-hydrogen) atoms. The molecule has 0 unspecified atom stereocenters. The van der Waals surface area contributed by atoms with Crippen molar-refractivity contribution in [1.82, 2.24) is 23.1 Å². The Kier molecular flexibility index (Phi) is 7.02. The van der Waals surface area contributed by atoms with Gasteiger partial charge in [-0.05, 0) is 95.6 Å². The minimum absolute atomic E-state index is 0.882. The molecule has 0 aliphatic carbocycles. The van der Waals surface area contributed by atoms with E-state index < -0.39 is 0 Å². The highest BCUT2D eigenvalue weighted by atomic mass is 16.3. The number of fused-ring (bicyclic) bond motifs is 13. The highest BCUT2D eigenvalue weighted by molar-refractivity contribution is 6.13. The molecule has 14 aromatic rings. The summed E-state index contributed by atoms with van der Waals surface area (Å²) in [6.07, 6.45) is 0. The highest BCUT2D eigenvalue weighted by Gasteiger charge is 2.24. The van der Waals surface area contributed by atoms with E-state index in [9.17, 15) is 0 Å². The first-order valence-electron chi connectivity index (χ1n) is 21.4. The van der Waals surface area contributed by atoms with E-state index in [0.29, 0.717) is 0 Å². The average Bonchev–Trinajstić information content (AvgIpc) is 4.14. The van der Waals surface area contributed by atoms with Crippen LogP contribution in [0, 0.1) is 0 Å². The topological polar surface area (TPSA) is 45.2 Å². The van der Waals surface area contributed by atoms with E-state index in [1.165, 1.54) is 21.7 Å². The van der Waals surface area contributed by atoms with Gasteiger partial charge in [0.15, 0.2) is 5.65 Å². The molecule has 14 rings (SSSR count). The van der Waals surface area contributed by atoms with Crippen molar-refractivity contribution in [2.45, 2.75) is 0 Å². The van der Waals surface area contributed by atoms with Crippen LogP contribution in [0.2, 0.25) is 0 Å². The second-order valence-electron chi connectivity index (χ2n) is 16.4. The molecular weight excluding hydrogens is 771 g/mol. The molecule has 0 radical (unpaired) electrons. The van der Waals surface area contributed by atoms with Crippen molar-refractivity contribution in [3.05, 3.63) is 212 Å². The molecular formula is C57H35N5O. The van der Waals surface area contributed by atoms with Crippen molar-refractivity contribution in [2.24, 2.45) is 0 Å². The zero-order valence-electron chi connectivity index (χ0n) is 33.9. The van der Waals surface area contributed by atoms with E-state index in [-0.39, 0.29) is 0 Å². The maximum Gasteiger partial charge on any atom is 0.222 e. The van der Waals surface area contributed by atoms with Crippen LogP contribution in [0.25, 0.3) is 122 Å². The van der Waals surface area contributed by atoms with Crippen LogP contribution < -0.4 is 0 Å². The van der Waals surface area contributed by atoms with E-state index >= 15 is 0 Å². The minimum atomic E-state index is 0.882. The van der Waals surface area contributed by atoms with Gasteiger partial charge in [0.25, 0.3) is 0 Å². The molecule has 294 valence electrons. The van der Waals surface area contributed by atoms with Crippen LogP contribution in [-0.4, -0.2) is 23.1 Å². The molecule has 6 nitrogen and oxygen atoms in total. The summed E-state index contributed by atoms with van der Waals surface area (Å²) in [5.41, 5.74) is 17.3. The molecule has 0 fully saturated rings. The maximum absolute atomic E-state index is 6.40. The number of hydrogen-bond acceptors (Lipinski definition) is 2. The fraction of sp³-hybridized carbons (Fsp3) is 0. The first-order chi connectivity index (χ1) is 31.3. The minimum Gasteiger partial charge on any atom is -0.455 e. The number of rotatable bonds is 5. The monoisotopic (exact) mass is 805 g/mol. The number of para-hydroxylation sites is 6. The Hall–Kier alpha value is -8.61. The Balaban J connectivity index is 0.929. The average molecular weight is 806 g/mol. The smallest absolute Gasteiger partial charge is 0.222 e. The lowest BCUT2D eigenvalue weighted by molar-refractivity contribution is 0.670. The largest absolute Gasteiger partial charge is 0.455 e. The fourth-order valence-corrected chi connectivity index (χ4v) is 10.2. The number of imidazole rings is 2. The van der Waals surface area contributed by atoms with Crippen molar-refractivity contribution in [3.63, 3.8) is 0 Å². The van der Waals surface area contributed by atoms with Crippen LogP contribution in [0.5, 0.6) is 0 Å². The molecule has 0 amide bonds. The Bertz CT molecular complexity index is 4130. The third kappa shape index (κ3) is 4.86. The van der Waals surface area contributed by atoms with E-state index in [0.717, 1.165) is 100 Å². The van der Waals surface area contributed by atoms with Crippen molar-refractivity contribution in [2.75, 3.05) is 0 Å². The SMILES string of the molecule is c1ccc(-n2c3ccccc3c3c2nc2n(-c4ccccc4)c4cc(-c5ccc6c(c5)c5ccccc5n6-c5ccc(-c6cccc7c6oc6ccccc67)cc5)ccc4n32)cc1. The van der Waals surface area contributed by atoms with E-state index in [1.807, 2.05) is 12.1 Å². The highest BCUT2D eigenvalue weighted by Crippen LogP contribution is 2.41. The standard InChI is InChI=1S/C57H35N5O/c1-3-14-39(15-4-1)60-49-24-11-8-20-46(49)54-56(60)58-57-61(40-16-5-2-6-17-40)52-35-38(29-33-51(52)62(54)57)37-28-32-50-47(34-37)43-18-7-10-23-48(43)59(50)41-30-26-36(27-31-41)42-21-13-22-45-44-19-9-12-25-53(44)63-55(42)45/h1-35H. The lowest BCUT2D eigenvalue weighted by atomic mass is 10.0. The summed E-state index contributed by atoms with van der Waals surface area (Å²) < 4.78 is 15.7. The second-order valence-corrected chi connectivity index (χ2v) is 16.4. The van der Waals surface area contributed by atoms with Gasteiger partial charge in [0.2, 0.25) is 5.78 Å². The summed E-state index contributed by atoms with van der Waals surface area (Å²) in [7, 11) is 0. The third-order valence-corrected chi connectivity index (χ3v) is 13.0. The van der Waals surface area contributed by atoms with Crippen LogP contribution in [0.1, 0.15) is 0 Å². The van der Waals surface area contributed by atoms with Gasteiger partial charge in [-0.15, -0.1) is 0 Å². The maximum atomic E-state index is 6.40. The van der Waals surface area contributed by atoms with Crippen molar-refractivity contribution in [1.29, 1.82) is 0 Å². The van der Waals surface area contributed by atoms with Crippen molar-refractivity contribution >= 4 is 82.6 Å². The van der Waals surface area contributed by atoms with E-state index in [2.05, 4.69) is 218 Å². The molecule has 5 heterocycles. The van der Waals surface area contributed by atoms with Gasteiger partial charge >= 0.3 is 0 Å². The molecule has 0 N–H and O–H groups in total. The Morgan fingerprint density at radius 3 is 1.70 bits per heavy atom. The molecule has 0 spiro atoms. The molecule has 0 saturated carbocycles. The molecule has 0 bridgehead atoms. The van der Waals surface area contributed by atoms with E-state index in [4.69, 9.17) is 9.40 Å². The lowest BCUT2D eigenvalue weighted by Crippen LogP contribution is -1.97. The summed E-state index contributed by atoms with van der Waals surface area (Å²) in [6, 6.07) is 75.9. The summed E-state index contributed by atoms with van der Waals surface area (Å²) >= 11 is 0. The Morgan fingerprint density at radius 2 is 0.921 bits per heavy atom. The van der Waals surface area contributed by atoms with Crippen molar-refractivity contribution in [3.8, 4) is 39.3 Å². The number of nitrogens with zero attached hydrogens (tertiary/aromatic N) is 5. The molecule has 0 saturated heterocycles. The van der Waals surface area contributed by atoms with E-state index in [1.54, 1.807) is 0 Å². The zero-order valence-corrected chi connectivity index (χ0v) is 33.9. The van der Waals surface area contributed by atoms with Gasteiger partial charge in [0.05, 0.1) is 27.6 Å². The molecule has 0 aliphatic heterocycles. The van der Waals surface area contributed by atoms with Gasteiger partial charge in [-0.25, -0.2) is 0 Å². The van der Waals surface area contributed by atoms with Crippen LogP contribution >= 0.6 is 0 Å². The summed E-state index contributed by atoms with van der Waals surface area (Å²) in [5.74, 6) is 0.882. The Labute approximate surface area is 360 Å². The molecule has 9 aromatic carbocycles. The van der Waals surface area contributed by atoms with Gasteiger partial charge < -0.3 is 8.98 Å². The normalized spacial score (nSPS) is 12.1. The van der Waals surface area contributed by atoms with Crippen molar-refractivity contribution < 1.29 is 4.42 Å². The fourth-order valence-electron chi connectivity index (χ4n) is 10.2. The van der Waals surface area contributed by atoms with Crippen LogP contribution in [0.3, 0.4) is 0 Å². The molecule has 6 heteroatoms. The number of benzene rings is 9. The number of hydrogen-bond donors (Lipinski definition) is 0. The summed E-state index contributed by atoms with van der Waals surface area (Å²) in [4.78, 5) is 5.48. The predicted octanol–water partition coefficient (Wildman–Crippen LogP) is 14.7. The van der Waals surface area contributed by atoms with Gasteiger partial charge in [-0.2, -0.15) is 4.98 Å². The number of furan rings is 1. The van der Waals surface area contributed by atoms with Gasteiger partial charge in [-0.3, -0.25) is 13.5 Å². The van der Waals surface area contributed by atoms with Gasteiger partial charge in [-0.1, -0.05) is 133 Å². The van der Waals surface area contributed by atoms with Gasteiger partial charge in [0.1, 0.15) is 16.7 Å². The summed E-state index contributed by atoms with van der Waals surface area (Å²) in [6.45, 7) is 0. The lowest BCUT2D eigenvalue weighted by Gasteiger charge is -2.10. The quantitative estimate of drug-likeness (QED) is 0.174. The first-order valence-corrected chi connectivity index (χ1v) is 21.4. The second kappa shape index (κ2) is 12.9. The number of aromatic nitrogens is 5. The van der Waals surface area contributed by atoms with Crippen LogP contribution in [0.15, 0.2) is 217 Å². The molecule has 0 atom stereocenters. The Morgan fingerprint density at radius 1 is 0.349 bits per heavy atom.